The van der Waals surface area contributed by atoms with Gasteiger partial charge in [-0.15, -0.1) is 0 Å². The predicted molar refractivity (Wildman–Crippen MR) is 75.7 cm³/mol. The molecule has 4 heteroatoms. The summed E-state index contributed by atoms with van der Waals surface area (Å²) in [5.41, 5.74) is 1.55. The first kappa shape index (κ1) is 13.5. The van der Waals surface area contributed by atoms with Crippen LogP contribution >= 0.6 is 0 Å². The second-order valence-corrected chi connectivity index (χ2v) is 4.75. The zero-order valence-corrected chi connectivity index (χ0v) is 11.3. The maximum atomic E-state index is 12.2. The number of benzene rings is 1. The highest BCUT2D eigenvalue weighted by Crippen LogP contribution is 2.11. The predicted octanol–water partition coefficient (Wildman–Crippen LogP) is 2.44. The number of ketones is 1. The SMILES string of the molecule is CC(C)NCCC(=O)c1ccnn1-c1ccccc1. The van der Waals surface area contributed by atoms with E-state index in [0.717, 1.165) is 5.69 Å². The Morgan fingerprint density at radius 2 is 2.00 bits per heavy atom. The first-order valence-corrected chi connectivity index (χ1v) is 6.54. The van der Waals surface area contributed by atoms with Crippen molar-refractivity contribution < 1.29 is 4.79 Å². The topological polar surface area (TPSA) is 46.9 Å². The Kier molecular flexibility index (Phi) is 4.47. The lowest BCUT2D eigenvalue weighted by atomic mass is 10.2. The Bertz CT molecular complexity index is 531. The van der Waals surface area contributed by atoms with Gasteiger partial charge in [0.15, 0.2) is 5.78 Å². The maximum absolute atomic E-state index is 12.2. The van der Waals surface area contributed by atoms with Crippen LogP contribution in [0.15, 0.2) is 42.6 Å². The molecule has 1 aromatic carbocycles. The molecular weight excluding hydrogens is 238 g/mol. The van der Waals surface area contributed by atoms with Crippen LogP contribution in [0.3, 0.4) is 0 Å². The molecule has 0 fully saturated rings. The lowest BCUT2D eigenvalue weighted by Crippen LogP contribution is -2.25. The van der Waals surface area contributed by atoms with Crippen LogP contribution in [0.25, 0.3) is 5.69 Å². The molecule has 0 aliphatic rings. The highest BCUT2D eigenvalue weighted by molar-refractivity contribution is 5.95. The van der Waals surface area contributed by atoms with Gasteiger partial charge in [-0.2, -0.15) is 5.10 Å². The first-order valence-electron chi connectivity index (χ1n) is 6.54. The van der Waals surface area contributed by atoms with Crippen LogP contribution < -0.4 is 5.32 Å². The zero-order valence-electron chi connectivity index (χ0n) is 11.3. The van der Waals surface area contributed by atoms with Crippen molar-refractivity contribution in [2.75, 3.05) is 6.54 Å². The van der Waals surface area contributed by atoms with Gasteiger partial charge in [-0.25, -0.2) is 4.68 Å². The van der Waals surface area contributed by atoms with E-state index in [0.29, 0.717) is 24.7 Å². The van der Waals surface area contributed by atoms with E-state index < -0.39 is 0 Å². The lowest BCUT2D eigenvalue weighted by molar-refractivity contribution is 0.0974. The molecule has 0 bridgehead atoms. The Hall–Kier alpha value is -1.94. The fourth-order valence-electron chi connectivity index (χ4n) is 1.89. The van der Waals surface area contributed by atoms with Gasteiger partial charge >= 0.3 is 0 Å². The van der Waals surface area contributed by atoms with Crippen molar-refractivity contribution in [3.63, 3.8) is 0 Å². The molecule has 0 saturated heterocycles. The monoisotopic (exact) mass is 257 g/mol. The summed E-state index contributed by atoms with van der Waals surface area (Å²) < 4.78 is 1.69. The number of hydrogen-bond acceptors (Lipinski definition) is 3. The van der Waals surface area contributed by atoms with Crippen molar-refractivity contribution >= 4 is 5.78 Å². The summed E-state index contributed by atoms with van der Waals surface area (Å²) in [5, 5.41) is 7.47. The van der Waals surface area contributed by atoms with Crippen LogP contribution in [0, 0.1) is 0 Å². The van der Waals surface area contributed by atoms with Crippen LogP contribution in [-0.4, -0.2) is 28.2 Å². The molecule has 2 rings (SSSR count). The smallest absolute Gasteiger partial charge is 0.182 e. The van der Waals surface area contributed by atoms with E-state index in [2.05, 4.69) is 24.3 Å². The number of aromatic nitrogens is 2. The molecule has 0 atom stereocenters. The molecule has 2 aromatic rings. The number of nitrogens with zero attached hydrogens (tertiary/aromatic N) is 2. The molecule has 1 N–H and O–H groups in total. The highest BCUT2D eigenvalue weighted by Gasteiger charge is 2.12. The summed E-state index contributed by atoms with van der Waals surface area (Å²) in [7, 11) is 0. The molecule has 1 heterocycles. The number of carbonyl (C=O) groups is 1. The number of para-hydroxylation sites is 1. The standard InChI is InChI=1S/C15H19N3O/c1-12(2)16-10-9-15(19)14-8-11-17-18(14)13-6-4-3-5-7-13/h3-8,11-12,16H,9-10H2,1-2H3. The van der Waals surface area contributed by atoms with Crippen molar-refractivity contribution in [3.05, 3.63) is 48.3 Å². The van der Waals surface area contributed by atoms with Crippen molar-refractivity contribution in [2.24, 2.45) is 0 Å². The minimum atomic E-state index is 0.106. The summed E-state index contributed by atoms with van der Waals surface area (Å²) in [4.78, 5) is 12.2. The Labute approximate surface area is 113 Å². The van der Waals surface area contributed by atoms with Crippen molar-refractivity contribution in [1.82, 2.24) is 15.1 Å². The van der Waals surface area contributed by atoms with Gasteiger partial charge in [0.1, 0.15) is 5.69 Å². The van der Waals surface area contributed by atoms with Crippen LogP contribution in [0.4, 0.5) is 0 Å². The van der Waals surface area contributed by atoms with Crippen LogP contribution in [-0.2, 0) is 0 Å². The maximum Gasteiger partial charge on any atom is 0.182 e. The molecule has 0 unspecified atom stereocenters. The molecule has 100 valence electrons. The molecular formula is C15H19N3O. The fourth-order valence-corrected chi connectivity index (χ4v) is 1.89. The largest absolute Gasteiger partial charge is 0.314 e. The van der Waals surface area contributed by atoms with Crippen LogP contribution in [0.1, 0.15) is 30.8 Å². The van der Waals surface area contributed by atoms with Crippen molar-refractivity contribution in [3.8, 4) is 5.69 Å². The number of nitrogens with one attached hydrogen (secondary N) is 1. The fraction of sp³-hybridized carbons (Fsp3) is 0.333. The Balaban J connectivity index is 2.09. The van der Waals surface area contributed by atoms with Crippen LogP contribution in [0.5, 0.6) is 0 Å². The average Bonchev–Trinajstić information content (AvgIpc) is 2.88. The minimum Gasteiger partial charge on any atom is -0.314 e. The molecule has 0 amide bonds. The summed E-state index contributed by atoms with van der Waals surface area (Å²) in [5.74, 6) is 0.106. The molecule has 0 aliphatic carbocycles. The van der Waals surface area contributed by atoms with E-state index in [1.807, 2.05) is 30.3 Å². The molecule has 0 aliphatic heterocycles. The van der Waals surface area contributed by atoms with Gasteiger partial charge < -0.3 is 5.32 Å². The van der Waals surface area contributed by atoms with E-state index in [1.165, 1.54) is 0 Å². The molecule has 4 nitrogen and oxygen atoms in total. The third-order valence-electron chi connectivity index (χ3n) is 2.83. The van der Waals surface area contributed by atoms with Gasteiger partial charge in [0, 0.05) is 19.0 Å². The van der Waals surface area contributed by atoms with Crippen molar-refractivity contribution in [1.29, 1.82) is 0 Å². The van der Waals surface area contributed by atoms with Gasteiger partial charge in [-0.3, -0.25) is 4.79 Å². The number of carbonyl (C=O) groups excluding carboxylic acids is 1. The van der Waals surface area contributed by atoms with Gasteiger partial charge in [0.25, 0.3) is 0 Å². The average molecular weight is 257 g/mol. The second kappa shape index (κ2) is 6.29. The quantitative estimate of drug-likeness (QED) is 0.809. The third-order valence-corrected chi connectivity index (χ3v) is 2.83. The zero-order chi connectivity index (χ0) is 13.7. The Morgan fingerprint density at radius 3 is 2.68 bits per heavy atom. The van der Waals surface area contributed by atoms with E-state index in [-0.39, 0.29) is 5.78 Å². The number of Topliss-reactive ketones (excluding diaryl/α,β-unsaturated/α-hetero) is 1. The molecule has 0 saturated carbocycles. The normalized spacial score (nSPS) is 10.9. The third kappa shape index (κ3) is 3.51. The van der Waals surface area contributed by atoms with Gasteiger partial charge in [0.05, 0.1) is 11.9 Å². The summed E-state index contributed by atoms with van der Waals surface area (Å²) >= 11 is 0. The van der Waals surface area contributed by atoms with Gasteiger partial charge in [0.2, 0.25) is 0 Å². The van der Waals surface area contributed by atoms with E-state index >= 15 is 0 Å². The summed E-state index contributed by atoms with van der Waals surface area (Å²) in [6, 6.07) is 11.9. The second-order valence-electron chi connectivity index (χ2n) is 4.75. The summed E-state index contributed by atoms with van der Waals surface area (Å²) in [6.07, 6.45) is 2.15. The number of hydrogen-bond donors (Lipinski definition) is 1. The van der Waals surface area contributed by atoms with Gasteiger partial charge in [-0.1, -0.05) is 32.0 Å². The summed E-state index contributed by atoms with van der Waals surface area (Å²) in [6.45, 7) is 4.83. The van der Waals surface area contributed by atoms with Crippen molar-refractivity contribution in [2.45, 2.75) is 26.3 Å². The highest BCUT2D eigenvalue weighted by atomic mass is 16.1. The molecule has 0 radical (unpaired) electrons. The van der Waals surface area contributed by atoms with E-state index in [4.69, 9.17) is 0 Å². The lowest BCUT2D eigenvalue weighted by Gasteiger charge is -2.09. The molecule has 0 spiro atoms. The molecule has 1 aromatic heterocycles. The van der Waals surface area contributed by atoms with Crippen LogP contribution in [0.2, 0.25) is 0 Å². The minimum absolute atomic E-state index is 0.106. The number of rotatable bonds is 6. The first-order chi connectivity index (χ1) is 9.18. The Morgan fingerprint density at radius 1 is 1.26 bits per heavy atom. The van der Waals surface area contributed by atoms with E-state index in [9.17, 15) is 4.79 Å². The van der Waals surface area contributed by atoms with E-state index in [1.54, 1.807) is 16.9 Å². The van der Waals surface area contributed by atoms with Gasteiger partial charge in [-0.05, 0) is 18.2 Å². The molecule has 19 heavy (non-hydrogen) atoms.